The highest BCUT2D eigenvalue weighted by molar-refractivity contribution is 7.07. The molecule has 1 aliphatic rings. The number of nitrogens with two attached hydrogens (primary N) is 1. The van der Waals surface area contributed by atoms with E-state index >= 15 is 0 Å². The maximum atomic E-state index is 13.7. The van der Waals surface area contributed by atoms with E-state index in [1.807, 2.05) is 6.92 Å². The third-order valence-corrected chi connectivity index (χ3v) is 8.35. The van der Waals surface area contributed by atoms with E-state index in [9.17, 15) is 14.4 Å². The number of ether oxygens (including phenoxy) is 2. The molecule has 3 aromatic rings. The van der Waals surface area contributed by atoms with Gasteiger partial charge in [0, 0.05) is 20.1 Å². The summed E-state index contributed by atoms with van der Waals surface area (Å²) in [6, 6.07) is 9.53. The summed E-state index contributed by atoms with van der Waals surface area (Å²) in [6.07, 6.45) is 2.97. The number of nitrogens with zero attached hydrogens (tertiary/aromatic N) is 1. The van der Waals surface area contributed by atoms with Crippen LogP contribution in [0.4, 0.5) is 0 Å². The highest BCUT2D eigenvalue weighted by atomic mass is 35.5. The number of unbranched alkanes of at least 4 members (excludes halogenated alkanes) is 1. The first-order chi connectivity index (χ1) is 19.1. The van der Waals surface area contributed by atoms with Crippen LogP contribution < -0.4 is 20.5 Å². The molecule has 1 atom stereocenters. The molecule has 7 nitrogen and oxygen atoms in total. The molecule has 0 radical (unpaired) electrons. The largest absolute Gasteiger partial charge is 0.463 e. The van der Waals surface area contributed by atoms with Crippen LogP contribution in [0.25, 0.3) is 17.5 Å². The molecule has 0 spiro atoms. The van der Waals surface area contributed by atoms with Crippen molar-refractivity contribution in [3.63, 3.8) is 0 Å². The Hall–Kier alpha value is -2.75. The molecule has 0 saturated heterocycles. The number of hydrogen-bond donors (Lipinski definition) is 1. The van der Waals surface area contributed by atoms with E-state index in [1.54, 1.807) is 43.3 Å². The molecular weight excluding hydrogens is 618 g/mol. The van der Waals surface area contributed by atoms with E-state index in [-0.39, 0.29) is 44.4 Å². The summed E-state index contributed by atoms with van der Waals surface area (Å²) < 4.78 is 12.5. The number of carbonyl (C=O) groups is 2. The van der Waals surface area contributed by atoms with Gasteiger partial charge >= 0.3 is 11.9 Å². The molecule has 0 fully saturated rings. The lowest BCUT2D eigenvalue weighted by Crippen LogP contribution is -2.42. The number of halogens is 4. The number of aromatic nitrogens is 1. The quantitative estimate of drug-likeness (QED) is 0.264. The van der Waals surface area contributed by atoms with Crippen LogP contribution in [-0.2, 0) is 19.1 Å². The van der Waals surface area contributed by atoms with Gasteiger partial charge in [-0.25, -0.2) is 9.59 Å². The van der Waals surface area contributed by atoms with E-state index in [0.717, 1.165) is 22.3 Å². The summed E-state index contributed by atoms with van der Waals surface area (Å²) in [7, 11) is 0. The van der Waals surface area contributed by atoms with Crippen LogP contribution >= 0.6 is 57.7 Å². The van der Waals surface area contributed by atoms with Gasteiger partial charge in [-0.05, 0) is 54.8 Å². The molecule has 0 saturated carbocycles. The SMILES string of the molecule is CCCCOC(=O)C1=C(N)n2c(sc(=Cc3ccc(Cl)cc3Cl)c2=O)=C(C(=O)OCC)C1c1ccc(Cl)cc1Cl. The minimum absolute atomic E-state index is 0.0201. The van der Waals surface area contributed by atoms with Gasteiger partial charge in [-0.3, -0.25) is 9.36 Å². The smallest absolute Gasteiger partial charge is 0.338 e. The van der Waals surface area contributed by atoms with Crippen LogP contribution in [0.3, 0.4) is 0 Å². The van der Waals surface area contributed by atoms with E-state index in [0.29, 0.717) is 32.6 Å². The molecule has 2 aromatic carbocycles. The van der Waals surface area contributed by atoms with Crippen molar-refractivity contribution in [2.24, 2.45) is 5.73 Å². The average molecular weight is 642 g/mol. The zero-order valence-corrected chi connectivity index (χ0v) is 25.3. The molecule has 2 N–H and O–H groups in total. The van der Waals surface area contributed by atoms with E-state index < -0.39 is 23.4 Å². The van der Waals surface area contributed by atoms with Crippen LogP contribution in [0.15, 0.2) is 46.8 Å². The van der Waals surface area contributed by atoms with Crippen molar-refractivity contribution < 1.29 is 19.1 Å². The molecule has 1 unspecified atom stereocenters. The van der Waals surface area contributed by atoms with Crippen molar-refractivity contribution in [2.45, 2.75) is 32.6 Å². The van der Waals surface area contributed by atoms with Gasteiger partial charge < -0.3 is 15.2 Å². The Morgan fingerprint density at radius 1 is 0.975 bits per heavy atom. The molecule has 0 amide bonds. The normalized spacial score (nSPS) is 15.3. The van der Waals surface area contributed by atoms with Gasteiger partial charge in [-0.15, -0.1) is 11.3 Å². The second-order valence-corrected chi connectivity index (χ2v) is 11.5. The van der Waals surface area contributed by atoms with Crippen molar-refractivity contribution >= 4 is 87.1 Å². The molecule has 4 rings (SSSR count). The fourth-order valence-corrected chi connectivity index (χ4v) is 6.38. The van der Waals surface area contributed by atoms with Crippen molar-refractivity contribution in [1.82, 2.24) is 4.57 Å². The number of esters is 2. The summed E-state index contributed by atoms with van der Waals surface area (Å²) in [6.45, 7) is 3.78. The van der Waals surface area contributed by atoms with E-state index in [1.165, 1.54) is 6.07 Å². The number of benzene rings is 2. The zero-order chi connectivity index (χ0) is 29.1. The first-order valence-electron chi connectivity index (χ1n) is 12.3. The topological polar surface area (TPSA) is 101 Å². The Bertz CT molecular complexity index is 1710. The number of fused-ring (bicyclic) bond motifs is 1. The summed E-state index contributed by atoms with van der Waals surface area (Å²) in [4.78, 5) is 40.8. The predicted octanol–water partition coefficient (Wildman–Crippen LogP) is 5.33. The van der Waals surface area contributed by atoms with Crippen LogP contribution in [0.1, 0.15) is 43.7 Å². The highest BCUT2D eigenvalue weighted by Crippen LogP contribution is 2.41. The standard InChI is InChI=1S/C28H24Cl4N2O5S/c1-3-5-10-39-27(36)22-21(17-9-8-16(30)13-19(17)32)23(28(37)38-4-2)26-34(24(22)33)25(35)20(40-26)11-14-6-7-15(29)12-18(14)31/h6-9,11-13,21H,3-5,10,33H2,1-2H3. The Morgan fingerprint density at radius 3 is 2.25 bits per heavy atom. The second-order valence-electron chi connectivity index (χ2n) is 8.74. The second kappa shape index (κ2) is 12.8. The lowest BCUT2D eigenvalue weighted by Gasteiger charge is -2.27. The predicted molar refractivity (Wildman–Crippen MR) is 160 cm³/mol. The number of hydrogen-bond acceptors (Lipinski definition) is 7. The van der Waals surface area contributed by atoms with Crippen molar-refractivity contribution in [2.75, 3.05) is 13.2 Å². The maximum absolute atomic E-state index is 13.7. The van der Waals surface area contributed by atoms with Crippen molar-refractivity contribution in [1.29, 1.82) is 0 Å². The Balaban J connectivity index is 2.10. The zero-order valence-electron chi connectivity index (χ0n) is 21.4. The summed E-state index contributed by atoms with van der Waals surface area (Å²) in [5.41, 5.74) is 6.82. The van der Waals surface area contributed by atoms with Gasteiger partial charge in [0.25, 0.3) is 5.56 Å². The van der Waals surface area contributed by atoms with Crippen LogP contribution in [0.5, 0.6) is 0 Å². The summed E-state index contributed by atoms with van der Waals surface area (Å²) in [5.74, 6) is -2.79. The first-order valence-corrected chi connectivity index (χ1v) is 14.6. The maximum Gasteiger partial charge on any atom is 0.338 e. The van der Waals surface area contributed by atoms with Gasteiger partial charge in [-0.2, -0.15) is 0 Å². The molecule has 210 valence electrons. The van der Waals surface area contributed by atoms with Crippen molar-refractivity contribution in [3.8, 4) is 0 Å². The Morgan fingerprint density at radius 2 is 1.62 bits per heavy atom. The van der Waals surface area contributed by atoms with Crippen molar-refractivity contribution in [3.05, 3.63) is 92.7 Å². The molecule has 2 heterocycles. The molecular formula is C28H24Cl4N2O5S. The molecule has 40 heavy (non-hydrogen) atoms. The fraction of sp³-hybridized carbons (Fsp3) is 0.250. The Labute approximate surface area is 254 Å². The minimum Gasteiger partial charge on any atom is -0.463 e. The van der Waals surface area contributed by atoms with Gasteiger partial charge in [0.05, 0.1) is 34.8 Å². The van der Waals surface area contributed by atoms with Gasteiger partial charge in [-0.1, -0.05) is 71.9 Å². The first kappa shape index (κ1) is 30.2. The average Bonchev–Trinajstić information content (AvgIpc) is 3.21. The Kier molecular flexibility index (Phi) is 9.69. The molecule has 12 heteroatoms. The third-order valence-electron chi connectivity index (χ3n) is 6.12. The van der Waals surface area contributed by atoms with Gasteiger partial charge in [0.1, 0.15) is 10.5 Å². The highest BCUT2D eigenvalue weighted by Gasteiger charge is 2.40. The van der Waals surface area contributed by atoms with Crippen LogP contribution in [-0.4, -0.2) is 29.7 Å². The van der Waals surface area contributed by atoms with Crippen LogP contribution in [0, 0.1) is 0 Å². The number of rotatable bonds is 8. The minimum atomic E-state index is -1.09. The molecule has 1 aromatic heterocycles. The van der Waals surface area contributed by atoms with Crippen LogP contribution in [0.2, 0.25) is 20.1 Å². The molecule has 1 aliphatic heterocycles. The van der Waals surface area contributed by atoms with Gasteiger partial charge in [0.2, 0.25) is 0 Å². The summed E-state index contributed by atoms with van der Waals surface area (Å²) >= 11 is 26.1. The summed E-state index contributed by atoms with van der Waals surface area (Å²) in [5, 5.41) is 1.31. The van der Waals surface area contributed by atoms with Gasteiger partial charge in [0.15, 0.2) is 0 Å². The molecule has 0 bridgehead atoms. The third kappa shape index (κ3) is 5.97. The van der Waals surface area contributed by atoms with E-state index in [4.69, 9.17) is 61.6 Å². The number of thiazole rings is 1. The monoisotopic (exact) mass is 640 g/mol. The lowest BCUT2D eigenvalue weighted by atomic mass is 9.83. The van der Waals surface area contributed by atoms with E-state index in [2.05, 4.69) is 0 Å². The fourth-order valence-electron chi connectivity index (χ4n) is 4.25. The lowest BCUT2D eigenvalue weighted by molar-refractivity contribution is -0.139. The molecule has 0 aliphatic carbocycles. The number of carbonyl (C=O) groups excluding carboxylic acids is 2.